The lowest BCUT2D eigenvalue weighted by Gasteiger charge is -2.10. The number of fused-ring (bicyclic) bond motifs is 1. The smallest absolute Gasteiger partial charge is 0.230 e. The molecule has 1 unspecified atom stereocenters. The van der Waals surface area contributed by atoms with Crippen LogP contribution in [0.5, 0.6) is 0 Å². The highest BCUT2D eigenvalue weighted by atomic mass is 32.2. The van der Waals surface area contributed by atoms with Crippen LogP contribution >= 0.6 is 11.8 Å². The van der Waals surface area contributed by atoms with E-state index >= 15 is 0 Å². The fourth-order valence-electron chi connectivity index (χ4n) is 2.49. The van der Waals surface area contributed by atoms with Gasteiger partial charge in [-0.05, 0) is 48.9 Å². The Morgan fingerprint density at radius 3 is 3.05 bits per heavy atom. The zero-order valence-corrected chi connectivity index (χ0v) is 13.2. The molecule has 1 aromatic carbocycles. The molecule has 0 aliphatic heterocycles. The number of aliphatic hydroxyl groups is 1. The largest absolute Gasteiger partial charge is 0.391 e. The molecule has 21 heavy (non-hydrogen) atoms. The van der Waals surface area contributed by atoms with E-state index in [-0.39, 0.29) is 5.91 Å². The summed E-state index contributed by atoms with van der Waals surface area (Å²) in [6.07, 6.45) is 3.59. The van der Waals surface area contributed by atoms with Crippen molar-refractivity contribution in [2.75, 3.05) is 26.0 Å². The Labute approximate surface area is 130 Å². The lowest BCUT2D eigenvalue weighted by Crippen LogP contribution is -2.29. The van der Waals surface area contributed by atoms with Gasteiger partial charge in [0.05, 0.1) is 18.5 Å². The van der Waals surface area contributed by atoms with E-state index in [0.29, 0.717) is 25.3 Å². The van der Waals surface area contributed by atoms with Gasteiger partial charge in [0.2, 0.25) is 5.91 Å². The Hall–Kier alpha value is -1.04. The van der Waals surface area contributed by atoms with Gasteiger partial charge in [-0.3, -0.25) is 4.79 Å². The van der Waals surface area contributed by atoms with Gasteiger partial charge in [-0.2, -0.15) is 0 Å². The van der Waals surface area contributed by atoms with Crippen LogP contribution in [-0.4, -0.2) is 43.1 Å². The first kappa shape index (κ1) is 16.3. The molecule has 0 heterocycles. The number of hydrogen-bond acceptors (Lipinski definition) is 4. The molecule has 2 rings (SSSR count). The van der Waals surface area contributed by atoms with Crippen molar-refractivity contribution in [2.24, 2.45) is 0 Å². The fourth-order valence-corrected chi connectivity index (χ4v) is 3.28. The van der Waals surface area contributed by atoms with Gasteiger partial charge in [0.15, 0.2) is 0 Å². The molecule has 4 nitrogen and oxygen atoms in total. The van der Waals surface area contributed by atoms with Gasteiger partial charge >= 0.3 is 0 Å². The molecule has 0 saturated heterocycles. The summed E-state index contributed by atoms with van der Waals surface area (Å²) in [6.45, 7) is 0.786. The van der Waals surface area contributed by atoms with Crippen molar-refractivity contribution in [3.8, 4) is 0 Å². The first-order valence-corrected chi connectivity index (χ1v) is 8.36. The van der Waals surface area contributed by atoms with E-state index in [1.807, 2.05) is 0 Å². The molecular weight excluding hydrogens is 286 g/mol. The van der Waals surface area contributed by atoms with Gasteiger partial charge in [0.1, 0.15) is 0 Å². The first-order valence-electron chi connectivity index (χ1n) is 7.37. The zero-order valence-electron chi connectivity index (χ0n) is 12.4. The van der Waals surface area contributed by atoms with Crippen molar-refractivity contribution >= 4 is 17.7 Å². The van der Waals surface area contributed by atoms with Gasteiger partial charge in [-0.15, -0.1) is 11.8 Å². The second-order valence-electron chi connectivity index (χ2n) is 5.32. The molecule has 1 aromatic rings. The maximum atomic E-state index is 11.7. The van der Waals surface area contributed by atoms with Crippen LogP contribution in [0, 0.1) is 0 Å². The number of ether oxygens (including phenoxy) is 1. The predicted octanol–water partition coefficient (Wildman–Crippen LogP) is 1.78. The first-order chi connectivity index (χ1) is 10.2. The monoisotopic (exact) mass is 309 g/mol. The number of hydrogen-bond donors (Lipinski definition) is 2. The maximum absolute atomic E-state index is 11.7. The minimum Gasteiger partial charge on any atom is -0.391 e. The molecule has 1 amide bonds. The second-order valence-corrected chi connectivity index (χ2v) is 6.37. The number of methoxy groups -OCH3 is 1. The van der Waals surface area contributed by atoms with E-state index in [2.05, 4.69) is 23.5 Å². The average molecular weight is 309 g/mol. The van der Waals surface area contributed by atoms with Crippen molar-refractivity contribution in [1.82, 2.24) is 5.32 Å². The number of thioether (sulfide) groups is 1. The normalized spacial score (nSPS) is 14.8. The molecule has 1 aliphatic carbocycles. The summed E-state index contributed by atoms with van der Waals surface area (Å²) in [6, 6.07) is 6.50. The van der Waals surface area contributed by atoms with E-state index < -0.39 is 6.10 Å². The number of aliphatic hydroxyl groups excluding tert-OH is 1. The third kappa shape index (κ3) is 5.34. The molecule has 5 heteroatoms. The van der Waals surface area contributed by atoms with Crippen LogP contribution in [0.1, 0.15) is 24.0 Å². The third-order valence-electron chi connectivity index (χ3n) is 3.60. The molecule has 0 aromatic heterocycles. The van der Waals surface area contributed by atoms with E-state index in [0.717, 1.165) is 11.3 Å². The lowest BCUT2D eigenvalue weighted by molar-refractivity contribution is -0.118. The Morgan fingerprint density at radius 2 is 2.24 bits per heavy atom. The molecule has 1 atom stereocenters. The summed E-state index contributed by atoms with van der Waals surface area (Å²) in [5.74, 6) is 0.421. The number of carbonyl (C=O) groups is 1. The quantitative estimate of drug-likeness (QED) is 0.719. The molecule has 0 fully saturated rings. The molecule has 0 spiro atoms. The van der Waals surface area contributed by atoms with Crippen LogP contribution in [0.2, 0.25) is 0 Å². The number of amides is 1. The third-order valence-corrected chi connectivity index (χ3v) is 4.59. The van der Waals surface area contributed by atoms with E-state index in [9.17, 15) is 9.90 Å². The van der Waals surface area contributed by atoms with Crippen LogP contribution in [0.4, 0.5) is 0 Å². The summed E-state index contributed by atoms with van der Waals surface area (Å²) in [5.41, 5.74) is 2.89. The minimum atomic E-state index is -0.514. The van der Waals surface area contributed by atoms with Crippen molar-refractivity contribution in [2.45, 2.75) is 36.7 Å². The Kier molecular flexibility index (Phi) is 6.54. The van der Waals surface area contributed by atoms with E-state index in [1.54, 1.807) is 18.9 Å². The van der Waals surface area contributed by atoms with Crippen molar-refractivity contribution in [3.05, 3.63) is 29.3 Å². The van der Waals surface area contributed by atoms with Crippen molar-refractivity contribution < 1.29 is 14.6 Å². The molecule has 1 aliphatic rings. The van der Waals surface area contributed by atoms with Crippen LogP contribution in [0.3, 0.4) is 0 Å². The molecule has 116 valence electrons. The van der Waals surface area contributed by atoms with Gasteiger partial charge < -0.3 is 15.2 Å². The second kappa shape index (κ2) is 8.41. The summed E-state index contributed by atoms with van der Waals surface area (Å²) >= 11 is 1.56. The minimum absolute atomic E-state index is 0.00474. The van der Waals surface area contributed by atoms with Gasteiger partial charge in [-0.25, -0.2) is 0 Å². The number of rotatable bonds is 8. The topological polar surface area (TPSA) is 58.6 Å². The van der Waals surface area contributed by atoms with E-state index in [4.69, 9.17) is 4.74 Å². The van der Waals surface area contributed by atoms with E-state index in [1.165, 1.54) is 24.0 Å². The number of aryl methyl sites for hydroxylation is 2. The molecular formula is C16H23NO3S. The highest BCUT2D eigenvalue weighted by Gasteiger charge is 2.11. The summed E-state index contributed by atoms with van der Waals surface area (Å²) in [4.78, 5) is 12.9. The standard InChI is InChI=1S/C16H23NO3S/c1-20-10-14(18)7-8-17-16(19)11-21-15-6-5-12-3-2-4-13(12)9-15/h5-6,9,14,18H,2-4,7-8,10-11H2,1H3,(H,17,19). The van der Waals surface area contributed by atoms with Gasteiger partial charge in [0, 0.05) is 18.6 Å². The zero-order chi connectivity index (χ0) is 15.1. The highest BCUT2D eigenvalue weighted by molar-refractivity contribution is 8.00. The van der Waals surface area contributed by atoms with Crippen LogP contribution < -0.4 is 5.32 Å². The lowest BCUT2D eigenvalue weighted by atomic mass is 10.1. The SMILES string of the molecule is COCC(O)CCNC(=O)CSc1ccc2c(c1)CCC2. The van der Waals surface area contributed by atoms with Crippen LogP contribution in [0.25, 0.3) is 0 Å². The van der Waals surface area contributed by atoms with Crippen LogP contribution in [-0.2, 0) is 22.4 Å². The summed E-state index contributed by atoms with van der Waals surface area (Å²) < 4.78 is 4.84. The highest BCUT2D eigenvalue weighted by Crippen LogP contribution is 2.27. The molecule has 0 saturated carbocycles. The predicted molar refractivity (Wildman–Crippen MR) is 84.7 cm³/mol. The Morgan fingerprint density at radius 1 is 1.43 bits per heavy atom. The average Bonchev–Trinajstić information content (AvgIpc) is 2.93. The van der Waals surface area contributed by atoms with Crippen molar-refractivity contribution in [1.29, 1.82) is 0 Å². The Bertz CT molecular complexity index is 479. The van der Waals surface area contributed by atoms with Gasteiger partial charge in [0.25, 0.3) is 0 Å². The number of carbonyl (C=O) groups excluding carboxylic acids is 1. The molecule has 2 N–H and O–H groups in total. The van der Waals surface area contributed by atoms with Crippen LogP contribution in [0.15, 0.2) is 23.1 Å². The fraction of sp³-hybridized carbons (Fsp3) is 0.562. The maximum Gasteiger partial charge on any atom is 0.230 e. The number of nitrogens with one attached hydrogen (secondary N) is 1. The number of benzene rings is 1. The molecule has 0 bridgehead atoms. The molecule has 0 radical (unpaired) electrons. The van der Waals surface area contributed by atoms with Gasteiger partial charge in [-0.1, -0.05) is 6.07 Å². The van der Waals surface area contributed by atoms with Crippen molar-refractivity contribution in [3.63, 3.8) is 0 Å². The Balaban J connectivity index is 1.67. The summed E-state index contributed by atoms with van der Waals surface area (Å²) in [7, 11) is 1.55. The summed E-state index contributed by atoms with van der Waals surface area (Å²) in [5, 5.41) is 12.3.